The number of fused-ring (bicyclic) bond motifs is 1. The lowest BCUT2D eigenvalue weighted by Crippen LogP contribution is -2.60. The van der Waals surface area contributed by atoms with Crippen molar-refractivity contribution in [2.45, 2.75) is 161 Å². The van der Waals surface area contributed by atoms with Crippen LogP contribution in [-0.2, 0) is 33.5 Å². The number of rotatable bonds is 16. The molecule has 0 spiro atoms. The molecule has 0 bridgehead atoms. The fourth-order valence-corrected chi connectivity index (χ4v) is 8.46. The predicted octanol–water partition coefficient (Wildman–Crippen LogP) is 3.64. The van der Waals surface area contributed by atoms with Crippen LogP contribution in [0, 0.1) is 17.8 Å². The van der Waals surface area contributed by atoms with Crippen LogP contribution in [-0.4, -0.2) is 133 Å². The third kappa shape index (κ3) is 16.2. The minimum Gasteiger partial charge on any atom is -0.368 e. The van der Waals surface area contributed by atoms with Crippen molar-refractivity contribution >= 4 is 41.4 Å². The molecule has 8 atom stereocenters. The molecule has 2 aliphatic heterocycles. The largest absolute Gasteiger partial charge is 0.389 e. The molecule has 6 unspecified atom stereocenters. The maximum absolute atomic E-state index is 14.5. The van der Waals surface area contributed by atoms with Gasteiger partial charge in [-0.1, -0.05) is 71.3 Å². The number of likely N-dealkylation sites (tertiary alicyclic amines) is 1. The van der Waals surface area contributed by atoms with Crippen molar-refractivity contribution < 1.29 is 51.5 Å². The number of carbonyl (C=O) groups excluding carboxylic acids is 7. The van der Waals surface area contributed by atoms with Gasteiger partial charge in [-0.3, -0.25) is 28.8 Å². The number of Topliss-reactive ketones (excluding diaryl/α,β-unsaturated/α-hetero) is 1. The van der Waals surface area contributed by atoms with Crippen LogP contribution in [0.25, 0.3) is 0 Å². The van der Waals surface area contributed by atoms with Gasteiger partial charge in [0.25, 0.3) is 5.91 Å². The van der Waals surface area contributed by atoms with E-state index in [2.05, 4.69) is 26.6 Å². The molecule has 0 aromatic heterocycles. The molecule has 358 valence electrons. The van der Waals surface area contributed by atoms with Crippen molar-refractivity contribution in [2.75, 3.05) is 33.7 Å². The monoisotopic (exact) mass is 899 g/mol. The molecule has 0 radical (unpaired) electrons. The minimum absolute atomic E-state index is 0.0724. The molecule has 7 amide bonds. The third-order valence-corrected chi connectivity index (χ3v) is 11.5. The zero-order valence-corrected chi connectivity index (χ0v) is 38.6. The summed E-state index contributed by atoms with van der Waals surface area (Å²) in [6.45, 7) is 12.5. The first-order chi connectivity index (χ1) is 29.7. The number of hydrogen-bond donors (Lipinski definition) is 6. The van der Waals surface area contributed by atoms with Gasteiger partial charge in [0.1, 0.15) is 18.1 Å². The lowest BCUT2D eigenvalue weighted by molar-refractivity contribution is -0.148. The fraction of sp³-hybridized carbons (Fsp3) is 0.750. The molecule has 2 aliphatic carbocycles. The Bertz CT molecular complexity index is 1620. The quantitative estimate of drug-likeness (QED) is 0.124. The standard InChI is InChI=1S/C40H61F3N8O8.2C2H6/c1-23(2)46-38(58)49-31(25-15-11-8-12-16-25)37(57)51-21-28-26(19-39(3,22-44)59-28)32(51)34(54)47-27(17-18-40(41,42)43)33(53)35(55)45-20-29(52)48-30(36(56)50(4)5)24-13-9-6-7-10-14-24;2*1-2/h6-7,9,13,23-28,30-32H,8,10-12,14-22,44H2,1-5H3,(H,45,55)(H,47,54)(H,48,52)(H2,46,49,58);2*1-2H3/t24?,26-,27?,28-,30?,31?,32?,39?;;/m0../s1. The average molecular weight is 899 g/mol. The Morgan fingerprint density at radius 1 is 0.905 bits per heavy atom. The molecule has 3 fully saturated rings. The molecule has 0 aromatic rings. The van der Waals surface area contributed by atoms with Crippen molar-refractivity contribution in [1.82, 2.24) is 36.4 Å². The molecule has 16 nitrogen and oxygen atoms in total. The van der Waals surface area contributed by atoms with Gasteiger partial charge in [0, 0.05) is 51.5 Å². The van der Waals surface area contributed by atoms with E-state index < -0.39 is 109 Å². The first kappa shape index (κ1) is 54.6. The number of alkyl halides is 3. The Kier molecular flexibility index (Phi) is 22.3. The summed E-state index contributed by atoms with van der Waals surface area (Å²) >= 11 is 0. The Morgan fingerprint density at radius 3 is 2.14 bits per heavy atom. The molecule has 63 heavy (non-hydrogen) atoms. The van der Waals surface area contributed by atoms with E-state index in [1.807, 2.05) is 39.8 Å². The fourth-order valence-electron chi connectivity index (χ4n) is 8.46. The smallest absolute Gasteiger partial charge is 0.368 e. The van der Waals surface area contributed by atoms with E-state index in [1.54, 1.807) is 32.9 Å². The van der Waals surface area contributed by atoms with Gasteiger partial charge in [-0.25, -0.2) is 4.79 Å². The van der Waals surface area contributed by atoms with Crippen LogP contribution in [0.4, 0.5) is 18.0 Å². The van der Waals surface area contributed by atoms with Gasteiger partial charge in [0.2, 0.25) is 29.4 Å². The Balaban J connectivity index is 0.00000331. The Labute approximate surface area is 370 Å². The van der Waals surface area contributed by atoms with Crippen molar-refractivity contribution in [3.63, 3.8) is 0 Å². The summed E-state index contributed by atoms with van der Waals surface area (Å²) in [6.07, 6.45) is 4.51. The summed E-state index contributed by atoms with van der Waals surface area (Å²) in [4.78, 5) is 97.2. The topological polar surface area (TPSA) is 221 Å². The van der Waals surface area contributed by atoms with Crippen molar-refractivity contribution in [1.29, 1.82) is 0 Å². The second-order valence-corrected chi connectivity index (χ2v) is 16.9. The summed E-state index contributed by atoms with van der Waals surface area (Å²) in [5.74, 6) is -6.99. The molecule has 2 saturated heterocycles. The van der Waals surface area contributed by atoms with Crippen molar-refractivity contribution in [3.8, 4) is 0 Å². The molecular weight excluding hydrogens is 826 g/mol. The minimum atomic E-state index is -4.77. The number of nitrogens with one attached hydrogen (secondary N) is 5. The predicted molar refractivity (Wildman–Crippen MR) is 233 cm³/mol. The lowest BCUT2D eigenvalue weighted by Gasteiger charge is -2.36. The van der Waals surface area contributed by atoms with E-state index in [0.717, 1.165) is 19.3 Å². The van der Waals surface area contributed by atoms with Gasteiger partial charge in [-0.15, -0.1) is 0 Å². The average Bonchev–Trinajstić information content (AvgIpc) is 3.61. The zero-order valence-electron chi connectivity index (χ0n) is 38.6. The number of likely N-dealkylation sites (N-methyl/N-ethyl adjacent to an activating group) is 1. The second-order valence-electron chi connectivity index (χ2n) is 16.9. The summed E-state index contributed by atoms with van der Waals surface area (Å²) in [6, 6.07) is -6.20. The zero-order chi connectivity index (χ0) is 47.7. The van der Waals surface area contributed by atoms with E-state index in [-0.39, 0.29) is 37.4 Å². The third-order valence-electron chi connectivity index (χ3n) is 11.5. The number of halogens is 3. The number of allylic oxidation sites excluding steroid dienone is 3. The van der Waals surface area contributed by atoms with Crippen LogP contribution in [0.2, 0.25) is 0 Å². The van der Waals surface area contributed by atoms with Crippen LogP contribution in [0.3, 0.4) is 0 Å². The van der Waals surface area contributed by atoms with Gasteiger partial charge in [-0.05, 0) is 65.2 Å². The molecular formula is C44H73F3N8O8. The van der Waals surface area contributed by atoms with Gasteiger partial charge in [0.05, 0.1) is 24.3 Å². The number of ether oxygens (including phenoxy) is 1. The maximum atomic E-state index is 14.5. The summed E-state index contributed by atoms with van der Waals surface area (Å²) < 4.78 is 47.0. The number of urea groups is 1. The second kappa shape index (κ2) is 25.7. The highest BCUT2D eigenvalue weighted by Crippen LogP contribution is 2.43. The first-order valence-electron chi connectivity index (χ1n) is 22.5. The number of amides is 7. The van der Waals surface area contributed by atoms with Gasteiger partial charge < -0.3 is 46.9 Å². The van der Waals surface area contributed by atoms with Crippen molar-refractivity contribution in [3.05, 3.63) is 24.3 Å². The van der Waals surface area contributed by atoms with E-state index in [0.29, 0.717) is 25.7 Å². The summed E-state index contributed by atoms with van der Waals surface area (Å²) in [5.41, 5.74) is 5.12. The van der Waals surface area contributed by atoms with Crippen LogP contribution in [0.5, 0.6) is 0 Å². The van der Waals surface area contributed by atoms with Crippen LogP contribution in [0.15, 0.2) is 24.3 Å². The van der Waals surface area contributed by atoms with Crippen LogP contribution in [0.1, 0.15) is 113 Å². The number of nitrogens with zero attached hydrogens (tertiary/aromatic N) is 2. The van der Waals surface area contributed by atoms with Gasteiger partial charge in [-0.2, -0.15) is 13.2 Å². The molecule has 19 heteroatoms. The van der Waals surface area contributed by atoms with E-state index in [1.165, 1.54) is 23.9 Å². The van der Waals surface area contributed by atoms with E-state index >= 15 is 0 Å². The van der Waals surface area contributed by atoms with E-state index in [9.17, 15) is 46.7 Å². The lowest BCUT2D eigenvalue weighted by atomic mass is 9.83. The Hall–Kier alpha value is -4.52. The van der Waals surface area contributed by atoms with Crippen molar-refractivity contribution in [2.24, 2.45) is 23.5 Å². The van der Waals surface area contributed by atoms with Crippen LogP contribution >= 0.6 is 0 Å². The van der Waals surface area contributed by atoms with E-state index in [4.69, 9.17) is 10.5 Å². The number of hydrogen-bond acceptors (Lipinski definition) is 9. The molecule has 4 aliphatic rings. The Morgan fingerprint density at radius 2 is 1.56 bits per heavy atom. The number of nitrogens with two attached hydrogens (primary N) is 1. The SMILES string of the molecule is CC.CC.CC(C)NC(=O)NC(C(=O)N1C[C@@H]2OC(C)(CN)C[C@@H]2C1C(=O)NC(CCC(F)(F)F)C(=O)C(=O)NCC(=O)NC(C(=O)N(C)C)C1C=CC=CCC1)C1CCCCC1. The summed E-state index contributed by atoms with van der Waals surface area (Å²) in [7, 11) is 3.04. The highest BCUT2D eigenvalue weighted by molar-refractivity contribution is 6.38. The molecule has 2 heterocycles. The maximum Gasteiger partial charge on any atom is 0.389 e. The molecule has 0 aromatic carbocycles. The van der Waals surface area contributed by atoms with Gasteiger partial charge in [0.15, 0.2) is 0 Å². The number of carbonyl (C=O) groups is 7. The molecule has 1 saturated carbocycles. The highest BCUT2D eigenvalue weighted by atomic mass is 19.4. The highest BCUT2D eigenvalue weighted by Gasteiger charge is 2.57. The first-order valence-corrected chi connectivity index (χ1v) is 22.5. The summed E-state index contributed by atoms with van der Waals surface area (Å²) in [5, 5.41) is 12.6. The molecule has 7 N–H and O–H groups in total. The normalized spacial score (nSPS) is 24.4. The van der Waals surface area contributed by atoms with Crippen LogP contribution < -0.4 is 32.3 Å². The van der Waals surface area contributed by atoms with Gasteiger partial charge >= 0.3 is 12.2 Å². The number of ketones is 1. The molecule has 4 rings (SSSR count).